The van der Waals surface area contributed by atoms with Crippen LogP contribution in [0.15, 0.2) is 28.9 Å². The third-order valence-electron chi connectivity index (χ3n) is 3.50. The van der Waals surface area contributed by atoms with Gasteiger partial charge in [-0.05, 0) is 59.5 Å². The lowest BCUT2D eigenvalue weighted by Gasteiger charge is -2.16. The van der Waals surface area contributed by atoms with Crippen LogP contribution in [0.5, 0.6) is 0 Å². The Labute approximate surface area is 115 Å². The number of benzene rings is 1. The number of imidazole rings is 1. The van der Waals surface area contributed by atoms with Crippen molar-refractivity contribution in [1.29, 1.82) is 0 Å². The Morgan fingerprint density at radius 2 is 2.00 bits per heavy atom. The molecule has 0 radical (unpaired) electrons. The van der Waals surface area contributed by atoms with E-state index in [1.807, 2.05) is 7.05 Å². The average Bonchev–Trinajstić information content (AvgIpc) is 2.77. The van der Waals surface area contributed by atoms with Crippen LogP contribution in [-0.4, -0.2) is 16.6 Å². The number of anilines is 1. The topological polar surface area (TPSA) is 29.9 Å². The van der Waals surface area contributed by atoms with Crippen LogP contribution in [0.25, 0.3) is 11.4 Å². The van der Waals surface area contributed by atoms with Gasteiger partial charge in [0.2, 0.25) is 0 Å². The van der Waals surface area contributed by atoms with E-state index in [9.17, 15) is 0 Å². The van der Waals surface area contributed by atoms with Gasteiger partial charge in [-0.3, -0.25) is 0 Å². The zero-order chi connectivity index (χ0) is 12.5. The predicted molar refractivity (Wildman–Crippen MR) is 77.8 cm³/mol. The van der Waals surface area contributed by atoms with E-state index < -0.39 is 0 Å². The fraction of sp³-hybridized carbons (Fsp3) is 0.357. The first-order chi connectivity index (χ1) is 8.79. The molecule has 1 aromatic carbocycles. The summed E-state index contributed by atoms with van der Waals surface area (Å²) in [7, 11) is 1.93. The molecule has 1 aliphatic rings. The monoisotopic (exact) mass is 305 g/mol. The van der Waals surface area contributed by atoms with Crippen LogP contribution in [-0.2, 0) is 13.0 Å². The smallest absolute Gasteiger partial charge is 0.141 e. The van der Waals surface area contributed by atoms with Gasteiger partial charge in [-0.1, -0.05) is 0 Å². The molecule has 0 atom stereocenters. The van der Waals surface area contributed by atoms with Crippen molar-refractivity contribution in [2.75, 3.05) is 12.4 Å². The van der Waals surface area contributed by atoms with Crippen molar-refractivity contribution < 1.29 is 0 Å². The van der Waals surface area contributed by atoms with Gasteiger partial charge in [-0.25, -0.2) is 4.98 Å². The number of halogens is 1. The molecule has 94 valence electrons. The summed E-state index contributed by atoms with van der Waals surface area (Å²) in [5, 5.41) is 3.14. The number of rotatable bonds is 2. The molecule has 0 unspecified atom stereocenters. The maximum Gasteiger partial charge on any atom is 0.141 e. The molecule has 1 aliphatic heterocycles. The average molecular weight is 306 g/mol. The fourth-order valence-corrected chi connectivity index (χ4v) is 3.08. The number of nitrogens with zero attached hydrogens (tertiary/aromatic N) is 2. The second kappa shape index (κ2) is 4.76. The standard InChI is InChI=1S/C14H16BrN3/c1-16-11-7-5-10(6-8-11)14-17-13(15)12-4-2-3-9-18(12)14/h5-8,16H,2-4,9H2,1H3. The molecule has 2 heterocycles. The second-order valence-electron chi connectivity index (χ2n) is 4.61. The summed E-state index contributed by atoms with van der Waals surface area (Å²) >= 11 is 3.58. The van der Waals surface area contributed by atoms with E-state index in [0.29, 0.717) is 0 Å². The van der Waals surface area contributed by atoms with Crippen molar-refractivity contribution in [3.8, 4) is 11.4 Å². The molecule has 0 aliphatic carbocycles. The number of hydrogen-bond donors (Lipinski definition) is 1. The van der Waals surface area contributed by atoms with Gasteiger partial charge in [-0.2, -0.15) is 0 Å². The number of aromatic nitrogens is 2. The van der Waals surface area contributed by atoms with Crippen LogP contribution >= 0.6 is 15.9 Å². The minimum Gasteiger partial charge on any atom is -0.388 e. The number of hydrogen-bond acceptors (Lipinski definition) is 2. The Balaban J connectivity index is 2.05. The first-order valence-corrected chi connectivity index (χ1v) is 7.12. The molecule has 0 saturated heterocycles. The van der Waals surface area contributed by atoms with Gasteiger partial charge < -0.3 is 9.88 Å². The van der Waals surface area contributed by atoms with Crippen molar-refractivity contribution in [3.63, 3.8) is 0 Å². The van der Waals surface area contributed by atoms with Crippen molar-refractivity contribution in [3.05, 3.63) is 34.6 Å². The summed E-state index contributed by atoms with van der Waals surface area (Å²) in [5.41, 5.74) is 3.65. The van der Waals surface area contributed by atoms with Gasteiger partial charge in [0.15, 0.2) is 0 Å². The highest BCUT2D eigenvalue weighted by Crippen LogP contribution is 2.30. The minimum atomic E-state index is 1.01. The Bertz CT molecular complexity index is 557. The lowest BCUT2D eigenvalue weighted by molar-refractivity contribution is 0.535. The molecular formula is C14H16BrN3. The lowest BCUT2D eigenvalue weighted by atomic mass is 10.1. The van der Waals surface area contributed by atoms with Gasteiger partial charge in [0.05, 0.1) is 5.69 Å². The molecule has 0 amide bonds. The van der Waals surface area contributed by atoms with Crippen LogP contribution < -0.4 is 5.32 Å². The summed E-state index contributed by atoms with van der Waals surface area (Å²) in [6.07, 6.45) is 3.64. The molecule has 2 aromatic rings. The van der Waals surface area contributed by atoms with Crippen LogP contribution in [0, 0.1) is 0 Å². The van der Waals surface area contributed by atoms with E-state index in [0.717, 1.165) is 29.1 Å². The maximum atomic E-state index is 4.68. The molecule has 18 heavy (non-hydrogen) atoms. The number of nitrogens with one attached hydrogen (secondary N) is 1. The summed E-state index contributed by atoms with van der Waals surface area (Å²) in [5.74, 6) is 1.08. The van der Waals surface area contributed by atoms with Gasteiger partial charge in [0.1, 0.15) is 10.4 Å². The second-order valence-corrected chi connectivity index (χ2v) is 5.36. The normalized spacial score (nSPS) is 14.3. The van der Waals surface area contributed by atoms with Crippen molar-refractivity contribution in [1.82, 2.24) is 9.55 Å². The Morgan fingerprint density at radius 1 is 1.22 bits per heavy atom. The number of fused-ring (bicyclic) bond motifs is 1. The summed E-state index contributed by atoms with van der Waals surface area (Å²) in [6.45, 7) is 1.08. The molecule has 0 saturated carbocycles. The maximum absolute atomic E-state index is 4.68. The molecule has 0 bridgehead atoms. The highest BCUT2D eigenvalue weighted by Gasteiger charge is 2.19. The van der Waals surface area contributed by atoms with E-state index in [1.165, 1.54) is 24.1 Å². The van der Waals surface area contributed by atoms with Crippen LogP contribution in [0.3, 0.4) is 0 Å². The van der Waals surface area contributed by atoms with E-state index >= 15 is 0 Å². The third-order valence-corrected chi connectivity index (χ3v) is 4.14. The molecule has 0 fully saturated rings. The van der Waals surface area contributed by atoms with Gasteiger partial charge >= 0.3 is 0 Å². The molecule has 4 heteroatoms. The zero-order valence-electron chi connectivity index (χ0n) is 10.4. The Kier molecular flexibility index (Phi) is 3.12. The first-order valence-electron chi connectivity index (χ1n) is 6.32. The van der Waals surface area contributed by atoms with E-state index in [-0.39, 0.29) is 0 Å². The molecule has 3 nitrogen and oxygen atoms in total. The first kappa shape index (κ1) is 11.8. The van der Waals surface area contributed by atoms with Crippen molar-refractivity contribution >= 4 is 21.6 Å². The minimum absolute atomic E-state index is 1.01. The SMILES string of the molecule is CNc1ccc(-c2nc(Br)c3n2CCCC3)cc1. The van der Waals surface area contributed by atoms with Gasteiger partial charge in [-0.15, -0.1) is 0 Å². The van der Waals surface area contributed by atoms with Crippen LogP contribution in [0.1, 0.15) is 18.5 Å². The zero-order valence-corrected chi connectivity index (χ0v) is 12.0. The third kappa shape index (κ3) is 1.94. The highest BCUT2D eigenvalue weighted by molar-refractivity contribution is 9.10. The fourth-order valence-electron chi connectivity index (χ4n) is 2.50. The lowest BCUT2D eigenvalue weighted by Crippen LogP contribution is -2.11. The van der Waals surface area contributed by atoms with Crippen molar-refractivity contribution in [2.45, 2.75) is 25.8 Å². The van der Waals surface area contributed by atoms with E-state index in [4.69, 9.17) is 0 Å². The van der Waals surface area contributed by atoms with Crippen LogP contribution in [0.2, 0.25) is 0 Å². The summed E-state index contributed by atoms with van der Waals surface area (Å²) in [6, 6.07) is 8.44. The molecule has 1 N–H and O–H groups in total. The largest absolute Gasteiger partial charge is 0.388 e. The van der Waals surface area contributed by atoms with Gasteiger partial charge in [0.25, 0.3) is 0 Å². The van der Waals surface area contributed by atoms with E-state index in [1.54, 1.807) is 0 Å². The molecule has 0 spiro atoms. The Morgan fingerprint density at radius 3 is 2.72 bits per heavy atom. The van der Waals surface area contributed by atoms with Gasteiger partial charge in [0, 0.05) is 24.8 Å². The summed E-state index contributed by atoms with van der Waals surface area (Å²) < 4.78 is 3.36. The Hall–Kier alpha value is -1.29. The predicted octanol–water partition coefficient (Wildman–Crippen LogP) is 3.69. The molecule has 3 rings (SSSR count). The van der Waals surface area contributed by atoms with Crippen molar-refractivity contribution in [2.24, 2.45) is 0 Å². The highest BCUT2D eigenvalue weighted by atomic mass is 79.9. The molecule has 1 aromatic heterocycles. The van der Waals surface area contributed by atoms with Crippen LogP contribution in [0.4, 0.5) is 5.69 Å². The quantitative estimate of drug-likeness (QED) is 0.917. The van der Waals surface area contributed by atoms with E-state index in [2.05, 4.69) is 55.1 Å². The summed E-state index contributed by atoms with van der Waals surface area (Å²) in [4.78, 5) is 4.68. The molecular weight excluding hydrogens is 290 g/mol.